The Hall–Kier alpha value is -2.65. The normalized spacial score (nSPS) is 16.3. The van der Waals surface area contributed by atoms with Gasteiger partial charge in [0.25, 0.3) is 0 Å². The van der Waals surface area contributed by atoms with Gasteiger partial charge in [-0.05, 0) is 22.0 Å². The number of aromatic nitrogens is 3. The van der Waals surface area contributed by atoms with Crippen LogP contribution in [0.2, 0.25) is 0 Å². The molecule has 1 fully saturated rings. The van der Waals surface area contributed by atoms with Gasteiger partial charge in [0.05, 0.1) is 17.1 Å². The average molecular weight is 446 g/mol. The van der Waals surface area contributed by atoms with Crippen molar-refractivity contribution >= 4 is 38.8 Å². The first-order valence-corrected chi connectivity index (χ1v) is 9.71. The number of hydrogen-bond donors (Lipinski definition) is 2. The van der Waals surface area contributed by atoms with E-state index in [1.54, 1.807) is 25.7 Å². The second-order valence-corrected chi connectivity index (χ2v) is 7.51. The summed E-state index contributed by atoms with van der Waals surface area (Å²) >= 11 is 3.34. The number of nitrogens with one attached hydrogen (secondary N) is 1. The van der Waals surface area contributed by atoms with E-state index in [0.29, 0.717) is 37.9 Å². The van der Waals surface area contributed by atoms with Crippen LogP contribution in [-0.4, -0.2) is 64.2 Å². The Morgan fingerprint density at radius 2 is 1.96 bits per heavy atom. The van der Waals surface area contributed by atoms with Crippen molar-refractivity contribution in [1.29, 1.82) is 0 Å². The zero-order chi connectivity index (χ0) is 19.7. The van der Waals surface area contributed by atoms with E-state index < -0.39 is 12.0 Å². The number of anilines is 1. The molecule has 146 valence electrons. The number of ether oxygens (including phenoxy) is 1. The topological polar surface area (TPSA) is 94.6 Å². The molecule has 0 saturated carbocycles. The molecule has 0 bridgehead atoms. The van der Waals surface area contributed by atoms with Crippen molar-refractivity contribution in [1.82, 2.24) is 19.9 Å². The first kappa shape index (κ1) is 18.7. The van der Waals surface area contributed by atoms with E-state index in [2.05, 4.69) is 35.8 Å². The SMILES string of the molecule is COc1cccc2c([C@@H](C(=O)O)N3CCN(c4ncc(Br)cn4)CC3)c[nH]c12. The number of rotatable bonds is 5. The minimum absolute atomic E-state index is 0.604. The van der Waals surface area contributed by atoms with Gasteiger partial charge in [0, 0.05) is 55.7 Å². The maximum atomic E-state index is 12.2. The molecule has 1 aliphatic heterocycles. The molecule has 9 heteroatoms. The van der Waals surface area contributed by atoms with Crippen LogP contribution in [0.5, 0.6) is 5.75 Å². The van der Waals surface area contributed by atoms with Crippen molar-refractivity contribution in [3.8, 4) is 5.75 Å². The molecule has 28 heavy (non-hydrogen) atoms. The van der Waals surface area contributed by atoms with E-state index in [0.717, 1.165) is 20.9 Å². The lowest BCUT2D eigenvalue weighted by Crippen LogP contribution is -2.49. The van der Waals surface area contributed by atoms with Gasteiger partial charge in [-0.25, -0.2) is 9.97 Å². The van der Waals surface area contributed by atoms with Crippen LogP contribution in [0.25, 0.3) is 10.9 Å². The zero-order valence-corrected chi connectivity index (χ0v) is 16.9. The first-order valence-electron chi connectivity index (χ1n) is 8.92. The molecule has 4 rings (SSSR count). The Morgan fingerprint density at radius 3 is 2.61 bits per heavy atom. The number of fused-ring (bicyclic) bond motifs is 1. The van der Waals surface area contributed by atoms with E-state index in [9.17, 15) is 9.90 Å². The van der Waals surface area contributed by atoms with Gasteiger partial charge in [-0.1, -0.05) is 12.1 Å². The molecular formula is C19H20BrN5O3. The minimum Gasteiger partial charge on any atom is -0.495 e. The van der Waals surface area contributed by atoms with Crippen LogP contribution in [0.3, 0.4) is 0 Å². The minimum atomic E-state index is -0.864. The van der Waals surface area contributed by atoms with Crippen LogP contribution in [0.15, 0.2) is 41.3 Å². The number of methoxy groups -OCH3 is 1. The summed E-state index contributed by atoms with van der Waals surface area (Å²) in [7, 11) is 1.60. The fourth-order valence-corrected chi connectivity index (χ4v) is 3.88. The van der Waals surface area contributed by atoms with E-state index in [4.69, 9.17) is 4.74 Å². The summed E-state index contributed by atoms with van der Waals surface area (Å²) < 4.78 is 6.21. The van der Waals surface area contributed by atoms with Gasteiger partial charge in [-0.15, -0.1) is 0 Å². The molecule has 0 spiro atoms. The standard InChI is InChI=1S/C19H20BrN5O3/c1-28-15-4-2-3-13-14(11-21-16(13)15)17(18(26)27)24-5-7-25(8-6-24)19-22-9-12(20)10-23-19/h2-4,9-11,17,21H,5-8H2,1H3,(H,26,27)/t17-/m0/s1. The molecule has 0 unspecified atom stereocenters. The van der Waals surface area contributed by atoms with Crippen LogP contribution in [-0.2, 0) is 4.79 Å². The van der Waals surface area contributed by atoms with Gasteiger partial charge in [0.2, 0.25) is 5.95 Å². The van der Waals surface area contributed by atoms with Crippen molar-refractivity contribution in [2.45, 2.75) is 6.04 Å². The largest absolute Gasteiger partial charge is 0.495 e. The molecule has 0 radical (unpaired) electrons. The quantitative estimate of drug-likeness (QED) is 0.623. The lowest BCUT2D eigenvalue weighted by molar-refractivity contribution is -0.143. The molecule has 1 saturated heterocycles. The number of carbonyl (C=O) groups is 1. The Morgan fingerprint density at radius 1 is 1.25 bits per heavy atom. The van der Waals surface area contributed by atoms with Crippen molar-refractivity contribution in [2.24, 2.45) is 0 Å². The van der Waals surface area contributed by atoms with Gasteiger partial charge in [-0.2, -0.15) is 0 Å². The molecule has 3 heterocycles. The number of aliphatic carboxylic acids is 1. The third-order valence-electron chi connectivity index (χ3n) is 5.03. The maximum absolute atomic E-state index is 12.2. The van der Waals surface area contributed by atoms with Gasteiger partial charge in [0.1, 0.15) is 11.8 Å². The summed E-state index contributed by atoms with van der Waals surface area (Å²) in [4.78, 5) is 28.0. The summed E-state index contributed by atoms with van der Waals surface area (Å²) in [6.07, 6.45) is 5.21. The third-order valence-corrected chi connectivity index (χ3v) is 5.44. The van der Waals surface area contributed by atoms with Gasteiger partial charge in [0.15, 0.2) is 0 Å². The van der Waals surface area contributed by atoms with Gasteiger partial charge >= 0.3 is 5.97 Å². The number of benzene rings is 1. The number of aromatic amines is 1. The van der Waals surface area contributed by atoms with Crippen LogP contribution in [0, 0.1) is 0 Å². The highest BCUT2D eigenvalue weighted by atomic mass is 79.9. The second kappa shape index (κ2) is 7.76. The molecule has 1 atom stereocenters. The number of halogens is 1. The van der Waals surface area contributed by atoms with E-state index in [1.807, 2.05) is 23.1 Å². The molecule has 1 aliphatic rings. The molecule has 0 amide bonds. The number of nitrogens with zero attached hydrogens (tertiary/aromatic N) is 4. The fourth-order valence-electron chi connectivity index (χ4n) is 3.68. The fraction of sp³-hybridized carbons (Fsp3) is 0.316. The van der Waals surface area contributed by atoms with E-state index >= 15 is 0 Å². The summed E-state index contributed by atoms with van der Waals surface area (Å²) in [5, 5.41) is 10.8. The van der Waals surface area contributed by atoms with E-state index in [-0.39, 0.29) is 0 Å². The van der Waals surface area contributed by atoms with Gasteiger partial charge < -0.3 is 19.7 Å². The Labute approximate surface area is 170 Å². The molecule has 0 aliphatic carbocycles. The Balaban J connectivity index is 1.57. The average Bonchev–Trinajstić information content (AvgIpc) is 3.13. The van der Waals surface area contributed by atoms with Crippen LogP contribution >= 0.6 is 15.9 Å². The summed E-state index contributed by atoms with van der Waals surface area (Å²) in [6.45, 7) is 2.54. The van der Waals surface area contributed by atoms with Crippen molar-refractivity contribution in [3.05, 3.63) is 46.8 Å². The number of piperazine rings is 1. The zero-order valence-electron chi connectivity index (χ0n) is 15.3. The molecule has 2 aromatic heterocycles. The molecule has 8 nitrogen and oxygen atoms in total. The van der Waals surface area contributed by atoms with Crippen molar-refractivity contribution in [3.63, 3.8) is 0 Å². The van der Waals surface area contributed by atoms with Crippen molar-refractivity contribution < 1.29 is 14.6 Å². The lowest BCUT2D eigenvalue weighted by atomic mass is 10.0. The van der Waals surface area contributed by atoms with Gasteiger partial charge in [-0.3, -0.25) is 9.69 Å². The summed E-state index contributed by atoms with van der Waals surface area (Å²) in [5.41, 5.74) is 1.56. The number of hydrogen-bond acceptors (Lipinski definition) is 6. The van der Waals surface area contributed by atoms with E-state index in [1.165, 1.54) is 0 Å². The Kier molecular flexibility index (Phi) is 5.19. The summed E-state index contributed by atoms with van der Waals surface area (Å²) in [5.74, 6) is 0.494. The molecule has 1 aromatic carbocycles. The number of carboxylic acid groups (broad SMARTS) is 1. The number of carboxylic acids is 1. The third kappa shape index (κ3) is 3.43. The van der Waals surface area contributed by atoms with Crippen LogP contribution in [0.1, 0.15) is 11.6 Å². The lowest BCUT2D eigenvalue weighted by Gasteiger charge is -2.37. The monoisotopic (exact) mass is 445 g/mol. The highest BCUT2D eigenvalue weighted by molar-refractivity contribution is 9.10. The molecular weight excluding hydrogens is 426 g/mol. The Bertz CT molecular complexity index is 983. The molecule has 2 N–H and O–H groups in total. The highest BCUT2D eigenvalue weighted by Crippen LogP contribution is 2.33. The van der Waals surface area contributed by atoms with Crippen LogP contribution in [0.4, 0.5) is 5.95 Å². The number of para-hydroxylation sites is 1. The highest BCUT2D eigenvalue weighted by Gasteiger charge is 2.32. The molecule has 3 aromatic rings. The maximum Gasteiger partial charge on any atom is 0.325 e. The first-order chi connectivity index (χ1) is 13.6. The number of H-pyrrole nitrogens is 1. The predicted octanol–water partition coefficient (Wildman–Crippen LogP) is 2.68. The van der Waals surface area contributed by atoms with Crippen LogP contribution < -0.4 is 9.64 Å². The van der Waals surface area contributed by atoms with Crippen molar-refractivity contribution in [2.75, 3.05) is 38.2 Å². The second-order valence-electron chi connectivity index (χ2n) is 6.59. The summed E-state index contributed by atoms with van der Waals surface area (Å²) in [6, 6.07) is 4.93. The predicted molar refractivity (Wildman–Crippen MR) is 109 cm³/mol. The smallest absolute Gasteiger partial charge is 0.325 e.